The van der Waals surface area contributed by atoms with E-state index in [1.54, 1.807) is 27.0 Å². The Hall–Kier alpha value is -8.77. The van der Waals surface area contributed by atoms with E-state index < -0.39 is 96.5 Å². The minimum Gasteiger partial charge on any atom is -0.490 e. The Kier molecular flexibility index (Phi) is 20.7. The Bertz CT molecular complexity index is 4300. The monoisotopic (exact) mass is 1420 g/mol. The zero-order valence-electron chi connectivity index (χ0n) is 55.0. The predicted molar refractivity (Wildman–Crippen MR) is 360 cm³/mol. The number of aromatic amines is 1. The van der Waals surface area contributed by atoms with Crippen LogP contribution in [0.15, 0.2) is 78.4 Å². The van der Waals surface area contributed by atoms with Crippen LogP contribution in [0.5, 0.6) is 5.75 Å². The highest BCUT2D eigenvalue weighted by molar-refractivity contribution is 7.70. The number of thiazole rings is 1. The van der Waals surface area contributed by atoms with E-state index in [9.17, 15) is 57.8 Å². The third-order valence-corrected chi connectivity index (χ3v) is 21.4. The largest absolute Gasteiger partial charge is 0.490 e. The Morgan fingerprint density at radius 3 is 2.44 bits per heavy atom. The number of nitrogens with two attached hydrogens (primary N) is 1. The van der Waals surface area contributed by atoms with Gasteiger partial charge in [-0.2, -0.15) is 0 Å². The third kappa shape index (κ3) is 15.7. The number of aromatic nitrogens is 8. The number of halogens is 1. The van der Waals surface area contributed by atoms with E-state index in [0.29, 0.717) is 54.1 Å². The van der Waals surface area contributed by atoms with E-state index in [4.69, 9.17) is 26.8 Å². The van der Waals surface area contributed by atoms with Gasteiger partial charge in [-0.25, -0.2) is 14.3 Å². The van der Waals surface area contributed by atoms with Crippen LogP contribution in [0.4, 0.5) is 0 Å². The number of likely N-dealkylation sites (tertiary alicyclic amines) is 1. The number of aliphatic hydroxyl groups is 1. The van der Waals surface area contributed by atoms with Gasteiger partial charge >= 0.3 is 7.60 Å². The number of amides is 7. The molecule has 0 spiro atoms. The lowest BCUT2D eigenvalue weighted by Crippen LogP contribution is -2.61. The molecule has 7 amide bonds. The molecule has 29 nitrogen and oxygen atoms in total. The zero-order chi connectivity index (χ0) is 70.2. The summed E-state index contributed by atoms with van der Waals surface area (Å²) in [6.45, 7) is 7.71. The van der Waals surface area contributed by atoms with Crippen LogP contribution in [-0.4, -0.2) is 186 Å². The van der Waals surface area contributed by atoms with E-state index in [-0.39, 0.29) is 106 Å². The van der Waals surface area contributed by atoms with Crippen molar-refractivity contribution in [3.05, 3.63) is 129 Å². The van der Waals surface area contributed by atoms with Gasteiger partial charge in [0, 0.05) is 79.4 Å². The molecule has 99 heavy (non-hydrogen) atoms. The summed E-state index contributed by atoms with van der Waals surface area (Å²) in [6, 6.07) is 12.3. The summed E-state index contributed by atoms with van der Waals surface area (Å²) in [7, 11) is -5.10. The Morgan fingerprint density at radius 1 is 0.939 bits per heavy atom. The summed E-state index contributed by atoms with van der Waals surface area (Å²) in [5.41, 5.74) is 11.0. The number of nitrogens with zero attached hydrogens (tertiary/aromatic N) is 10. The average Bonchev–Trinajstić information content (AvgIpc) is 1.67. The number of fused-ring (bicyclic) bond motifs is 3. The number of aryl methyl sites for hydroxylation is 3. The molecule has 7 aromatic rings. The van der Waals surface area contributed by atoms with Crippen molar-refractivity contribution in [3.8, 4) is 16.2 Å². The highest BCUT2D eigenvalue weighted by Crippen LogP contribution is 2.45. The Balaban J connectivity index is 0.689. The molecule has 12 rings (SSSR count). The Morgan fingerprint density at radius 2 is 1.72 bits per heavy atom. The van der Waals surface area contributed by atoms with Gasteiger partial charge in [0.05, 0.1) is 76.1 Å². The van der Waals surface area contributed by atoms with Gasteiger partial charge in [0.15, 0.2) is 0 Å². The van der Waals surface area contributed by atoms with Crippen LogP contribution in [0.1, 0.15) is 151 Å². The van der Waals surface area contributed by atoms with Crippen molar-refractivity contribution in [2.75, 3.05) is 32.8 Å². The van der Waals surface area contributed by atoms with Gasteiger partial charge in [0.1, 0.15) is 42.2 Å². The normalized spacial score (nSPS) is 21.4. The fourth-order valence-electron chi connectivity index (χ4n) is 13.9. The molecular weight excluding hydrogens is 1340 g/mol. The van der Waals surface area contributed by atoms with Crippen molar-refractivity contribution in [2.45, 2.75) is 166 Å². The molecule has 1 saturated carbocycles. The number of primary amides is 1. The van der Waals surface area contributed by atoms with Crippen molar-refractivity contribution in [3.63, 3.8) is 0 Å². The number of nitrogens with one attached hydrogen (secondary N) is 4. The van der Waals surface area contributed by atoms with Crippen LogP contribution >= 0.6 is 30.5 Å². The number of carbonyl (C=O) groups excluding carboxylic acids is 8. The standard InChI is InChI=1S/C67H79ClN15O14PS/c1-36-59(99-35-70-36)41-15-11-38(12-16-41)50(73-63(89)53-27-47(85)29-81(53)65(91)60-67(3,4)34-96-33-54-58(40-13-14-40)76-78-83(54)60)31-80-28-44(75-77-80)9-5-7-39-8-6-10-55(57(39)68)97-32-45(18-22-56(69)86)71-62(88)52-21-19-46-23-24-79(37(2)84)30-51(64(90)82(46)52)74-61(87)49-26-43-25-42(17-20-48(43)72-49)66(92)98(93,94)95/h6,8,10-12,15-17,20,25-26,28,35,40,45-47,50-53,60,72,85H,5,7,9,13-14,18-19,21-24,27,29-34H2,1-4H3,(H2,69,86)(H,71,88)(H,73,89)(H,74,87)(H2,93,94,95)/t45-,46+,47+,50-,51-,52-,53-,60+/m0/s1. The first-order valence-corrected chi connectivity index (χ1v) is 36.0. The summed E-state index contributed by atoms with van der Waals surface area (Å²) in [6.07, 6.45) is 5.42. The van der Waals surface area contributed by atoms with E-state index in [1.807, 2.05) is 57.3 Å². The van der Waals surface area contributed by atoms with E-state index in [0.717, 1.165) is 51.5 Å². The van der Waals surface area contributed by atoms with E-state index in [2.05, 4.69) is 46.5 Å². The molecule has 4 fully saturated rings. The molecule has 0 bridgehead atoms. The lowest BCUT2D eigenvalue weighted by Gasteiger charge is -2.38. The summed E-state index contributed by atoms with van der Waals surface area (Å²) in [4.78, 5) is 142. The molecule has 524 valence electrons. The highest BCUT2D eigenvalue weighted by Gasteiger charge is 2.50. The van der Waals surface area contributed by atoms with Gasteiger partial charge < -0.3 is 65.7 Å². The van der Waals surface area contributed by atoms with Crippen molar-refractivity contribution in [1.29, 1.82) is 0 Å². The lowest BCUT2D eigenvalue weighted by atomic mass is 9.84. The smallest absolute Gasteiger partial charge is 0.396 e. The maximum absolute atomic E-state index is 14.9. The first-order valence-electron chi connectivity index (χ1n) is 33.1. The first kappa shape index (κ1) is 70.1. The number of H-pyrrole nitrogens is 1. The molecule has 8 heterocycles. The van der Waals surface area contributed by atoms with Crippen LogP contribution in [0.3, 0.4) is 0 Å². The molecule has 9 N–H and O–H groups in total. The molecule has 8 atom stereocenters. The van der Waals surface area contributed by atoms with Gasteiger partial charge in [0.2, 0.25) is 35.4 Å². The molecule has 3 aromatic carbocycles. The minimum absolute atomic E-state index is 0.0313. The lowest BCUT2D eigenvalue weighted by molar-refractivity contribution is -0.145. The van der Waals surface area contributed by atoms with Crippen LogP contribution in [-0.2, 0) is 64.1 Å². The second-order valence-corrected chi connectivity index (χ2v) is 29.7. The van der Waals surface area contributed by atoms with Crippen LogP contribution in [0, 0.1) is 12.3 Å². The predicted octanol–water partition coefficient (Wildman–Crippen LogP) is 4.96. The van der Waals surface area contributed by atoms with Gasteiger partial charge in [-0.05, 0) is 112 Å². The molecule has 0 radical (unpaired) electrons. The summed E-state index contributed by atoms with van der Waals surface area (Å²) < 4.78 is 27.4. The number of β-amino-alcohol motifs (C(OH)–C–C–N with tert-alkyl or cyclic N) is 1. The fraction of sp³-hybridized carbons (Fsp3) is 0.478. The average molecular weight is 1420 g/mol. The van der Waals surface area contributed by atoms with Crippen LogP contribution < -0.4 is 26.4 Å². The quantitative estimate of drug-likeness (QED) is 0.0370. The second-order valence-electron chi connectivity index (χ2n) is 27.0. The molecule has 1 aliphatic carbocycles. The molecule has 4 aliphatic heterocycles. The number of aliphatic hydroxyl groups excluding tert-OH is 1. The number of carbonyl (C=O) groups is 8. The van der Waals surface area contributed by atoms with Gasteiger partial charge in [-0.15, -0.1) is 21.5 Å². The number of hydrogen-bond acceptors (Lipinski definition) is 18. The summed E-state index contributed by atoms with van der Waals surface area (Å²) in [5.74, 6) is -3.05. The number of rotatable bonds is 24. The third-order valence-electron chi connectivity index (χ3n) is 19.2. The Labute approximate surface area is 578 Å². The van der Waals surface area contributed by atoms with Crippen LogP contribution in [0.2, 0.25) is 5.02 Å². The van der Waals surface area contributed by atoms with Gasteiger partial charge in [-0.3, -0.25) is 42.9 Å². The maximum atomic E-state index is 14.9. The summed E-state index contributed by atoms with van der Waals surface area (Å²) in [5, 5.41) is 38.7. The van der Waals surface area contributed by atoms with Crippen molar-refractivity contribution >= 4 is 88.3 Å². The van der Waals surface area contributed by atoms with Crippen molar-refractivity contribution in [2.24, 2.45) is 11.1 Å². The number of ether oxygens (including phenoxy) is 2. The van der Waals surface area contributed by atoms with Gasteiger partial charge in [-0.1, -0.05) is 72.3 Å². The maximum Gasteiger partial charge on any atom is 0.396 e. The molecular formula is C67H79ClN15O14PS. The van der Waals surface area contributed by atoms with Gasteiger partial charge in [0.25, 0.3) is 11.4 Å². The fourth-order valence-corrected chi connectivity index (χ4v) is 15.4. The molecule has 5 aliphatic rings. The molecule has 32 heteroatoms. The van der Waals surface area contributed by atoms with E-state index >= 15 is 0 Å². The second kappa shape index (κ2) is 29.2. The highest BCUT2D eigenvalue weighted by atomic mass is 35.5. The van der Waals surface area contributed by atoms with Crippen LogP contribution in [0.25, 0.3) is 21.3 Å². The summed E-state index contributed by atoms with van der Waals surface area (Å²) >= 11 is 8.57. The zero-order valence-corrected chi connectivity index (χ0v) is 57.5. The number of hydrogen-bond donors (Lipinski definition) is 8. The van der Waals surface area contributed by atoms with Crippen molar-refractivity contribution in [1.82, 2.24) is 70.6 Å². The molecule has 4 aromatic heterocycles. The van der Waals surface area contributed by atoms with Crippen molar-refractivity contribution < 1.29 is 67.3 Å². The SMILES string of the molecule is CC(=O)N1CC[C@H]2CC[C@@H](C(=O)N[C@@H](CCC(N)=O)COc3cccc(CCCc4cn(C[C@H](NC(=O)[C@@H]5C[C@@H](O)CN5C(=O)[C@H]5n6nnc(C7CC7)c6COCC5(C)C)c5ccc(-c6scnc6C)cc5)nn4)c3Cl)N2C(=O)[C@@H](NC(=O)c2cc3cc(C(=O)P(=O)(O)O)ccc3[nH]2)C1. The topological polar surface area (TPSA) is 395 Å². The first-order chi connectivity index (χ1) is 47.3. The molecule has 3 saturated heterocycles. The molecule has 0 unspecified atom stereocenters. The number of benzene rings is 3. The minimum atomic E-state index is -5.10. The van der Waals surface area contributed by atoms with E-state index in [1.165, 1.54) is 57.2 Å².